The summed E-state index contributed by atoms with van der Waals surface area (Å²) in [5.74, 6) is -0.538. The first kappa shape index (κ1) is 20.2. The van der Waals surface area contributed by atoms with Gasteiger partial charge in [-0.2, -0.15) is 5.10 Å². The maximum Gasteiger partial charge on any atom is 0.240 e. The smallest absolute Gasteiger partial charge is 0.240 e. The lowest BCUT2D eigenvalue weighted by Gasteiger charge is -2.08. The van der Waals surface area contributed by atoms with Crippen LogP contribution in [0.1, 0.15) is 12.0 Å². The van der Waals surface area contributed by atoms with E-state index in [0.29, 0.717) is 26.5 Å². The Morgan fingerprint density at radius 1 is 1.25 bits per heavy atom. The predicted molar refractivity (Wildman–Crippen MR) is 112 cm³/mol. The average Bonchev–Trinajstić information content (AvgIpc) is 2.97. The summed E-state index contributed by atoms with van der Waals surface area (Å²) in [4.78, 5) is 24.2. The van der Waals surface area contributed by atoms with Crippen LogP contribution in [0.5, 0.6) is 5.75 Å². The Morgan fingerprint density at radius 3 is 2.82 bits per heavy atom. The van der Waals surface area contributed by atoms with Crippen LogP contribution in [0.3, 0.4) is 0 Å². The van der Waals surface area contributed by atoms with E-state index in [0.717, 1.165) is 11.8 Å². The summed E-state index contributed by atoms with van der Waals surface area (Å²) >= 11 is 12.9. The molecule has 1 heterocycles. The Labute approximate surface area is 174 Å². The van der Waals surface area contributed by atoms with Gasteiger partial charge in [-0.1, -0.05) is 47.1 Å². The third-order valence-electron chi connectivity index (χ3n) is 3.58. The summed E-state index contributed by atoms with van der Waals surface area (Å²) in [6.07, 6.45) is 1.41. The first-order chi connectivity index (χ1) is 13.4. The van der Waals surface area contributed by atoms with Crippen molar-refractivity contribution in [1.82, 2.24) is 5.32 Å². The largest absolute Gasteiger partial charge is 0.508 e. The number of carbonyl (C=O) groups excluding carboxylic acids is 2. The topological polar surface area (TPSA) is 103 Å². The number of benzene rings is 2. The number of aromatic hydroxyl groups is 1. The molecule has 3 N–H and O–H groups in total. The summed E-state index contributed by atoms with van der Waals surface area (Å²) in [6, 6.07) is 11.2. The molecule has 0 bridgehead atoms. The van der Waals surface area contributed by atoms with Crippen LogP contribution < -0.4 is 10.6 Å². The molecule has 0 spiro atoms. The van der Waals surface area contributed by atoms with Gasteiger partial charge in [0.25, 0.3) is 0 Å². The molecule has 1 saturated heterocycles. The molecule has 0 saturated carbocycles. The molecule has 3 rings (SSSR count). The van der Waals surface area contributed by atoms with Crippen molar-refractivity contribution in [2.24, 2.45) is 10.2 Å². The van der Waals surface area contributed by atoms with Crippen molar-refractivity contribution in [2.45, 2.75) is 11.7 Å². The number of nitrogens with one attached hydrogen (secondary N) is 2. The van der Waals surface area contributed by atoms with Crippen molar-refractivity contribution in [1.29, 1.82) is 0 Å². The molecule has 28 heavy (non-hydrogen) atoms. The van der Waals surface area contributed by atoms with Gasteiger partial charge in [-0.05, 0) is 35.9 Å². The zero-order valence-corrected chi connectivity index (χ0v) is 16.6. The third kappa shape index (κ3) is 5.48. The molecule has 2 aromatic rings. The van der Waals surface area contributed by atoms with Gasteiger partial charge in [-0.15, -0.1) is 5.10 Å². The molecule has 1 atom stereocenters. The molecular weight excluding hydrogens is 423 g/mol. The first-order valence-electron chi connectivity index (χ1n) is 8.03. The molecular formula is C18H14Cl2N4O3S. The quantitative estimate of drug-likeness (QED) is 0.491. The summed E-state index contributed by atoms with van der Waals surface area (Å²) in [5.41, 5.74) is 1.16. The number of thioether (sulfide) groups is 1. The van der Waals surface area contributed by atoms with Crippen LogP contribution in [-0.4, -0.2) is 33.6 Å². The molecule has 1 unspecified atom stereocenters. The maximum atomic E-state index is 12.2. The molecule has 7 nitrogen and oxygen atoms in total. The fraction of sp³-hybridized carbons (Fsp3) is 0.111. The number of nitrogens with zero attached hydrogens (tertiary/aromatic N) is 2. The number of carbonyl (C=O) groups is 2. The van der Waals surface area contributed by atoms with Gasteiger partial charge >= 0.3 is 0 Å². The molecule has 10 heteroatoms. The number of halogens is 2. The van der Waals surface area contributed by atoms with E-state index >= 15 is 0 Å². The second kappa shape index (κ2) is 9.09. The zero-order chi connectivity index (χ0) is 20.1. The van der Waals surface area contributed by atoms with E-state index in [4.69, 9.17) is 23.2 Å². The lowest BCUT2D eigenvalue weighted by Crippen LogP contribution is -2.28. The number of hydrogen-bond acceptors (Lipinski definition) is 6. The van der Waals surface area contributed by atoms with Crippen molar-refractivity contribution in [2.75, 3.05) is 5.32 Å². The Bertz CT molecular complexity index is 981. The highest BCUT2D eigenvalue weighted by Crippen LogP contribution is 2.26. The van der Waals surface area contributed by atoms with Crippen LogP contribution >= 0.6 is 35.0 Å². The van der Waals surface area contributed by atoms with E-state index < -0.39 is 5.25 Å². The van der Waals surface area contributed by atoms with E-state index in [2.05, 4.69) is 20.8 Å². The standard InChI is InChI=1S/C18H14Cl2N4O3S/c19-13-5-4-11(7-14(13)20)22-16(26)8-15-17(27)23-18(28-15)24-21-9-10-2-1-3-12(25)6-10/h1-7,9,15,25H,8H2,(H,22,26)(H,23,24,27)/b21-9-. The van der Waals surface area contributed by atoms with Crippen molar-refractivity contribution < 1.29 is 14.7 Å². The number of anilines is 1. The van der Waals surface area contributed by atoms with Gasteiger partial charge in [0.15, 0.2) is 5.17 Å². The molecule has 0 radical (unpaired) electrons. The summed E-state index contributed by atoms with van der Waals surface area (Å²) in [6.45, 7) is 0. The van der Waals surface area contributed by atoms with E-state index in [9.17, 15) is 14.7 Å². The second-order valence-corrected chi connectivity index (χ2v) is 7.73. The van der Waals surface area contributed by atoms with Crippen LogP contribution in [0.2, 0.25) is 10.0 Å². The Kier molecular flexibility index (Phi) is 6.56. The average molecular weight is 437 g/mol. The minimum atomic E-state index is -0.613. The molecule has 1 fully saturated rings. The molecule has 144 valence electrons. The molecule has 2 amide bonds. The molecule has 0 aromatic heterocycles. The summed E-state index contributed by atoms with van der Waals surface area (Å²) < 4.78 is 0. The van der Waals surface area contributed by atoms with Gasteiger partial charge < -0.3 is 15.7 Å². The zero-order valence-electron chi connectivity index (χ0n) is 14.2. The third-order valence-corrected chi connectivity index (χ3v) is 5.39. The van der Waals surface area contributed by atoms with E-state index in [1.54, 1.807) is 30.3 Å². The molecule has 0 aliphatic carbocycles. The second-order valence-electron chi connectivity index (χ2n) is 5.72. The van der Waals surface area contributed by atoms with Crippen LogP contribution in [0.15, 0.2) is 52.7 Å². The molecule has 1 aliphatic rings. The highest BCUT2D eigenvalue weighted by Gasteiger charge is 2.32. The Balaban J connectivity index is 1.56. The van der Waals surface area contributed by atoms with E-state index in [1.165, 1.54) is 18.3 Å². The maximum absolute atomic E-state index is 12.2. The van der Waals surface area contributed by atoms with Crippen molar-refractivity contribution in [3.8, 4) is 5.75 Å². The lowest BCUT2D eigenvalue weighted by molar-refractivity contribution is -0.122. The number of hydrogen-bond donors (Lipinski definition) is 3. The van der Waals surface area contributed by atoms with Gasteiger partial charge in [-0.3, -0.25) is 9.59 Å². The SMILES string of the molecule is O=C(CC1S/C(=N/N=C\c2cccc(O)c2)NC1=O)Nc1ccc(Cl)c(Cl)c1. The predicted octanol–water partition coefficient (Wildman–Crippen LogP) is 3.65. The number of rotatable bonds is 5. The van der Waals surface area contributed by atoms with Crippen LogP contribution in [0, 0.1) is 0 Å². The Morgan fingerprint density at radius 2 is 2.07 bits per heavy atom. The number of phenols is 1. The fourth-order valence-corrected chi connectivity index (χ4v) is 3.52. The number of phenolic OH excluding ortho intramolecular Hbond substituents is 1. The highest BCUT2D eigenvalue weighted by molar-refractivity contribution is 8.15. The van der Waals surface area contributed by atoms with Gasteiger partial charge in [0.1, 0.15) is 11.0 Å². The van der Waals surface area contributed by atoms with Crippen molar-refractivity contribution >= 4 is 63.8 Å². The number of amides is 2. The van der Waals surface area contributed by atoms with Gasteiger partial charge in [0, 0.05) is 12.1 Å². The van der Waals surface area contributed by atoms with Gasteiger partial charge in [-0.25, -0.2) is 0 Å². The summed E-state index contributed by atoms with van der Waals surface area (Å²) in [7, 11) is 0. The molecule has 1 aliphatic heterocycles. The first-order valence-corrected chi connectivity index (χ1v) is 9.67. The normalized spacial score (nSPS) is 17.9. The van der Waals surface area contributed by atoms with E-state index in [1.807, 2.05) is 0 Å². The van der Waals surface area contributed by atoms with Gasteiger partial charge in [0.05, 0.1) is 16.3 Å². The lowest BCUT2D eigenvalue weighted by atomic mass is 10.2. The summed E-state index contributed by atoms with van der Waals surface area (Å²) in [5, 5.41) is 22.9. The Hall–Kier alpha value is -2.55. The van der Waals surface area contributed by atoms with Gasteiger partial charge in [0.2, 0.25) is 11.8 Å². The fourth-order valence-electron chi connectivity index (χ4n) is 2.29. The van der Waals surface area contributed by atoms with Crippen LogP contribution in [-0.2, 0) is 9.59 Å². The minimum Gasteiger partial charge on any atom is -0.508 e. The highest BCUT2D eigenvalue weighted by atomic mass is 35.5. The van der Waals surface area contributed by atoms with Crippen molar-refractivity contribution in [3.05, 3.63) is 58.1 Å². The monoisotopic (exact) mass is 436 g/mol. The number of amidine groups is 1. The van der Waals surface area contributed by atoms with E-state index in [-0.39, 0.29) is 24.0 Å². The van der Waals surface area contributed by atoms with Crippen LogP contribution in [0.25, 0.3) is 0 Å². The minimum absolute atomic E-state index is 0.0357. The van der Waals surface area contributed by atoms with Crippen molar-refractivity contribution in [3.63, 3.8) is 0 Å². The van der Waals surface area contributed by atoms with Crippen LogP contribution in [0.4, 0.5) is 5.69 Å². The molecule has 2 aromatic carbocycles.